The number of hydrogen-bond donors (Lipinski definition) is 1. The van der Waals surface area contributed by atoms with Gasteiger partial charge in [0.25, 0.3) is 0 Å². The Morgan fingerprint density at radius 3 is 3.17 bits per heavy atom. The highest BCUT2D eigenvalue weighted by Crippen LogP contribution is 2.26. The lowest BCUT2D eigenvalue weighted by atomic mass is 10.2. The number of thiazole rings is 1. The first kappa shape index (κ1) is 13.8. The van der Waals surface area contributed by atoms with Crippen LogP contribution in [-0.2, 0) is 11.3 Å². The smallest absolute Gasteiger partial charge is 0.185 e. The van der Waals surface area contributed by atoms with Gasteiger partial charge in [-0.1, -0.05) is 20.8 Å². The van der Waals surface area contributed by atoms with Gasteiger partial charge in [0.2, 0.25) is 0 Å². The zero-order chi connectivity index (χ0) is 13.0. The summed E-state index contributed by atoms with van der Waals surface area (Å²) in [5.41, 5.74) is 0. The molecule has 2 heterocycles. The molecular weight excluding hydrogens is 246 g/mol. The predicted octanol–water partition coefficient (Wildman–Crippen LogP) is 2.26. The normalized spacial score (nSPS) is 20.7. The van der Waals surface area contributed by atoms with Crippen LogP contribution >= 0.6 is 11.3 Å². The highest BCUT2D eigenvalue weighted by molar-refractivity contribution is 7.15. The van der Waals surface area contributed by atoms with Crippen LogP contribution in [0.25, 0.3) is 0 Å². The molecule has 1 aliphatic rings. The fraction of sp³-hybridized carbons (Fsp3) is 0.769. The summed E-state index contributed by atoms with van der Waals surface area (Å²) in [6.45, 7) is 10.1. The standard InChI is InChI=1S/C13H23N3OS/c1-4-11-9-17-6-5-16(11)13-15-8-12(18-13)7-14-10(2)3/h8,10-11,14H,4-7,9H2,1-3H3. The Bertz CT molecular complexity index is 367. The minimum absolute atomic E-state index is 0.482. The van der Waals surface area contributed by atoms with Gasteiger partial charge in [-0.15, -0.1) is 11.3 Å². The number of rotatable bonds is 5. The molecule has 4 nitrogen and oxygen atoms in total. The first-order chi connectivity index (χ1) is 8.70. The number of ether oxygens (including phenoxy) is 1. The molecule has 1 fully saturated rings. The molecule has 0 bridgehead atoms. The van der Waals surface area contributed by atoms with Gasteiger partial charge in [0, 0.05) is 30.2 Å². The zero-order valence-corrected chi connectivity index (χ0v) is 12.3. The Kier molecular flexibility index (Phi) is 4.97. The number of anilines is 1. The van der Waals surface area contributed by atoms with Crippen molar-refractivity contribution in [2.24, 2.45) is 0 Å². The van der Waals surface area contributed by atoms with Crippen molar-refractivity contribution in [3.63, 3.8) is 0 Å². The van der Waals surface area contributed by atoms with Crippen molar-refractivity contribution in [1.82, 2.24) is 10.3 Å². The second-order valence-electron chi connectivity index (χ2n) is 4.98. The van der Waals surface area contributed by atoms with Gasteiger partial charge in [0.1, 0.15) is 0 Å². The molecule has 5 heteroatoms. The maximum absolute atomic E-state index is 5.53. The monoisotopic (exact) mass is 269 g/mol. The lowest BCUT2D eigenvalue weighted by Gasteiger charge is -2.34. The summed E-state index contributed by atoms with van der Waals surface area (Å²) in [4.78, 5) is 8.27. The van der Waals surface area contributed by atoms with Gasteiger partial charge < -0.3 is 15.0 Å². The lowest BCUT2D eigenvalue weighted by Crippen LogP contribution is -2.45. The molecule has 1 aromatic rings. The van der Waals surface area contributed by atoms with E-state index in [4.69, 9.17) is 4.74 Å². The van der Waals surface area contributed by atoms with Crippen LogP contribution < -0.4 is 10.2 Å². The minimum atomic E-state index is 0.482. The summed E-state index contributed by atoms with van der Waals surface area (Å²) in [7, 11) is 0. The number of nitrogens with zero attached hydrogens (tertiary/aromatic N) is 2. The van der Waals surface area contributed by atoms with E-state index in [9.17, 15) is 0 Å². The summed E-state index contributed by atoms with van der Waals surface area (Å²) >= 11 is 1.80. The number of hydrogen-bond acceptors (Lipinski definition) is 5. The molecule has 0 amide bonds. The van der Waals surface area contributed by atoms with E-state index in [0.29, 0.717) is 12.1 Å². The molecule has 0 aliphatic carbocycles. The van der Waals surface area contributed by atoms with Crippen molar-refractivity contribution in [3.05, 3.63) is 11.1 Å². The molecule has 0 aromatic carbocycles. The minimum Gasteiger partial charge on any atom is -0.377 e. The molecule has 0 spiro atoms. The van der Waals surface area contributed by atoms with E-state index in [0.717, 1.165) is 37.9 Å². The van der Waals surface area contributed by atoms with Crippen molar-refractivity contribution < 1.29 is 4.74 Å². The van der Waals surface area contributed by atoms with Gasteiger partial charge in [-0.25, -0.2) is 4.98 Å². The molecule has 2 rings (SSSR count). The molecule has 0 saturated carbocycles. The van der Waals surface area contributed by atoms with Crippen molar-refractivity contribution in [2.75, 3.05) is 24.7 Å². The molecule has 18 heavy (non-hydrogen) atoms. The van der Waals surface area contributed by atoms with Crippen molar-refractivity contribution in [2.45, 2.75) is 45.8 Å². The Hall–Kier alpha value is -0.650. The Morgan fingerprint density at radius 1 is 1.61 bits per heavy atom. The lowest BCUT2D eigenvalue weighted by molar-refractivity contribution is 0.0929. The second kappa shape index (κ2) is 6.50. The molecule has 1 N–H and O–H groups in total. The van der Waals surface area contributed by atoms with Crippen molar-refractivity contribution >= 4 is 16.5 Å². The van der Waals surface area contributed by atoms with Crippen LogP contribution in [0.5, 0.6) is 0 Å². The van der Waals surface area contributed by atoms with Crippen LogP contribution in [0, 0.1) is 0 Å². The Balaban J connectivity index is 1.99. The van der Waals surface area contributed by atoms with E-state index < -0.39 is 0 Å². The maximum Gasteiger partial charge on any atom is 0.185 e. The molecular formula is C13H23N3OS. The van der Waals surface area contributed by atoms with Gasteiger partial charge >= 0.3 is 0 Å². The number of morpholine rings is 1. The van der Waals surface area contributed by atoms with Crippen LogP contribution in [0.3, 0.4) is 0 Å². The second-order valence-corrected chi connectivity index (χ2v) is 6.07. The summed E-state index contributed by atoms with van der Waals surface area (Å²) in [6, 6.07) is 0.998. The number of nitrogens with one attached hydrogen (secondary N) is 1. The Labute approximate surface area is 113 Å². The fourth-order valence-corrected chi connectivity index (χ4v) is 3.02. The van der Waals surface area contributed by atoms with E-state index in [1.54, 1.807) is 11.3 Å². The third kappa shape index (κ3) is 3.43. The third-order valence-electron chi connectivity index (χ3n) is 3.17. The highest BCUT2D eigenvalue weighted by atomic mass is 32.1. The van der Waals surface area contributed by atoms with Crippen LogP contribution in [0.15, 0.2) is 6.20 Å². The van der Waals surface area contributed by atoms with E-state index in [2.05, 4.69) is 36.0 Å². The molecule has 1 saturated heterocycles. The molecule has 1 aromatic heterocycles. The van der Waals surface area contributed by atoms with Crippen LogP contribution in [0.4, 0.5) is 5.13 Å². The van der Waals surface area contributed by atoms with Crippen LogP contribution in [0.1, 0.15) is 32.1 Å². The zero-order valence-electron chi connectivity index (χ0n) is 11.5. The largest absolute Gasteiger partial charge is 0.377 e. The molecule has 1 aliphatic heterocycles. The van der Waals surface area contributed by atoms with Crippen molar-refractivity contribution in [1.29, 1.82) is 0 Å². The van der Waals surface area contributed by atoms with Gasteiger partial charge in [-0.2, -0.15) is 0 Å². The summed E-state index contributed by atoms with van der Waals surface area (Å²) in [5, 5.41) is 4.57. The average molecular weight is 269 g/mol. The Morgan fingerprint density at radius 2 is 2.44 bits per heavy atom. The average Bonchev–Trinajstić information content (AvgIpc) is 2.85. The molecule has 1 unspecified atom stereocenters. The van der Waals surface area contributed by atoms with E-state index in [1.807, 2.05) is 6.20 Å². The summed E-state index contributed by atoms with van der Waals surface area (Å²) in [6.07, 6.45) is 3.11. The molecule has 0 radical (unpaired) electrons. The summed E-state index contributed by atoms with van der Waals surface area (Å²) in [5.74, 6) is 0. The molecule has 1 atom stereocenters. The van der Waals surface area contributed by atoms with E-state index in [1.165, 1.54) is 4.88 Å². The molecule has 102 valence electrons. The van der Waals surface area contributed by atoms with Gasteiger partial charge in [-0.05, 0) is 6.42 Å². The van der Waals surface area contributed by atoms with E-state index >= 15 is 0 Å². The third-order valence-corrected chi connectivity index (χ3v) is 4.20. The van der Waals surface area contributed by atoms with Gasteiger partial charge in [-0.3, -0.25) is 0 Å². The van der Waals surface area contributed by atoms with Crippen molar-refractivity contribution in [3.8, 4) is 0 Å². The summed E-state index contributed by atoms with van der Waals surface area (Å²) < 4.78 is 5.53. The topological polar surface area (TPSA) is 37.4 Å². The predicted molar refractivity (Wildman–Crippen MR) is 76.3 cm³/mol. The highest BCUT2D eigenvalue weighted by Gasteiger charge is 2.23. The maximum atomic E-state index is 5.53. The van der Waals surface area contributed by atoms with Crippen LogP contribution in [0.2, 0.25) is 0 Å². The van der Waals surface area contributed by atoms with Gasteiger partial charge in [0.05, 0.1) is 19.3 Å². The SMILES string of the molecule is CCC1COCCN1c1ncc(CNC(C)C)s1. The quantitative estimate of drug-likeness (QED) is 0.889. The number of aromatic nitrogens is 1. The fourth-order valence-electron chi connectivity index (χ4n) is 2.06. The van der Waals surface area contributed by atoms with Crippen LogP contribution in [-0.4, -0.2) is 36.8 Å². The first-order valence-corrected chi connectivity index (χ1v) is 7.54. The first-order valence-electron chi connectivity index (χ1n) is 6.73. The van der Waals surface area contributed by atoms with E-state index in [-0.39, 0.29) is 0 Å². The van der Waals surface area contributed by atoms with Gasteiger partial charge in [0.15, 0.2) is 5.13 Å².